The number of likely N-dealkylation sites (N-methyl/N-ethyl adjacent to an activating group) is 1. The molecule has 0 amide bonds. The van der Waals surface area contributed by atoms with E-state index in [-0.39, 0.29) is 5.78 Å². The van der Waals surface area contributed by atoms with Gasteiger partial charge in [-0.2, -0.15) is 0 Å². The number of ether oxygens (including phenoxy) is 1. The minimum Gasteiger partial charge on any atom is -0.477 e. The first-order chi connectivity index (χ1) is 14.1. The Hall–Kier alpha value is -2.77. The Balaban J connectivity index is 1.42. The number of carbonyl (C=O) groups excluding carboxylic acids is 1. The van der Waals surface area contributed by atoms with Crippen LogP contribution >= 0.6 is 0 Å². The number of Topliss-reactive ketones (excluding diaryl/α,β-unsaturated/α-hetero) is 1. The standard InChI is InChI=1S/C22H27N5O2/c1-17(28)18-5-3-6-19(15-18)20-16-23-21-7-8-22(24-27(20)21)29-14-4-9-26-12-10-25(2)11-13-26/h3,5-8,15-16H,4,9-14H2,1-2H3. The average Bonchev–Trinajstić information content (AvgIpc) is 3.16. The number of rotatable bonds is 7. The van der Waals surface area contributed by atoms with Gasteiger partial charge in [0.1, 0.15) is 0 Å². The van der Waals surface area contributed by atoms with Crippen molar-refractivity contribution in [1.29, 1.82) is 0 Å². The molecule has 1 saturated heterocycles. The summed E-state index contributed by atoms with van der Waals surface area (Å²) in [6, 6.07) is 11.3. The van der Waals surface area contributed by atoms with Crippen molar-refractivity contribution in [2.45, 2.75) is 13.3 Å². The Morgan fingerprint density at radius 3 is 2.76 bits per heavy atom. The lowest BCUT2D eigenvalue weighted by Gasteiger charge is -2.32. The van der Waals surface area contributed by atoms with Crippen molar-refractivity contribution in [3.05, 3.63) is 48.2 Å². The molecule has 3 aromatic rings. The minimum atomic E-state index is 0.0398. The van der Waals surface area contributed by atoms with E-state index in [1.807, 2.05) is 36.4 Å². The summed E-state index contributed by atoms with van der Waals surface area (Å²) in [6.07, 6.45) is 2.75. The first kappa shape index (κ1) is 19.5. The second kappa shape index (κ2) is 8.71. The molecule has 1 aliphatic rings. The summed E-state index contributed by atoms with van der Waals surface area (Å²) < 4.78 is 7.67. The van der Waals surface area contributed by atoms with E-state index in [0.717, 1.165) is 56.0 Å². The third-order valence-corrected chi connectivity index (χ3v) is 5.37. The highest BCUT2D eigenvalue weighted by Gasteiger charge is 2.13. The van der Waals surface area contributed by atoms with E-state index in [0.29, 0.717) is 18.1 Å². The molecule has 1 fully saturated rings. The lowest BCUT2D eigenvalue weighted by atomic mass is 10.1. The summed E-state index contributed by atoms with van der Waals surface area (Å²) in [5.41, 5.74) is 3.17. The largest absolute Gasteiger partial charge is 0.477 e. The second-order valence-corrected chi connectivity index (χ2v) is 7.57. The van der Waals surface area contributed by atoms with Crippen LogP contribution in [-0.4, -0.2) is 76.6 Å². The Bertz CT molecular complexity index is 992. The van der Waals surface area contributed by atoms with Crippen LogP contribution in [0.25, 0.3) is 16.9 Å². The maximum absolute atomic E-state index is 11.7. The second-order valence-electron chi connectivity index (χ2n) is 7.57. The first-order valence-electron chi connectivity index (χ1n) is 10.1. The van der Waals surface area contributed by atoms with Crippen LogP contribution in [0.5, 0.6) is 5.88 Å². The summed E-state index contributed by atoms with van der Waals surface area (Å²) in [6.45, 7) is 7.76. The molecule has 29 heavy (non-hydrogen) atoms. The van der Waals surface area contributed by atoms with Crippen molar-refractivity contribution >= 4 is 11.4 Å². The molecule has 0 aliphatic carbocycles. The molecule has 2 aromatic heterocycles. The highest BCUT2D eigenvalue weighted by Crippen LogP contribution is 2.22. The van der Waals surface area contributed by atoms with E-state index in [4.69, 9.17) is 4.74 Å². The molecule has 0 unspecified atom stereocenters. The van der Waals surface area contributed by atoms with Crippen molar-refractivity contribution in [3.8, 4) is 17.1 Å². The lowest BCUT2D eigenvalue weighted by Crippen LogP contribution is -2.44. The molecule has 7 heteroatoms. The minimum absolute atomic E-state index is 0.0398. The van der Waals surface area contributed by atoms with Crippen LogP contribution in [0.3, 0.4) is 0 Å². The number of imidazole rings is 1. The molecule has 4 rings (SSSR count). The van der Waals surface area contributed by atoms with Crippen molar-refractivity contribution in [3.63, 3.8) is 0 Å². The van der Waals surface area contributed by atoms with Gasteiger partial charge < -0.3 is 14.5 Å². The maximum Gasteiger partial charge on any atom is 0.231 e. The fourth-order valence-corrected chi connectivity index (χ4v) is 3.56. The fraction of sp³-hybridized carbons (Fsp3) is 0.409. The number of aromatic nitrogens is 3. The first-order valence-corrected chi connectivity index (χ1v) is 10.1. The van der Waals surface area contributed by atoms with Crippen molar-refractivity contribution in [2.24, 2.45) is 0 Å². The molecule has 1 aliphatic heterocycles. The topological polar surface area (TPSA) is 63.0 Å². The summed E-state index contributed by atoms with van der Waals surface area (Å²) >= 11 is 0. The molecule has 0 radical (unpaired) electrons. The van der Waals surface area contributed by atoms with Crippen molar-refractivity contribution in [2.75, 3.05) is 46.4 Å². The highest BCUT2D eigenvalue weighted by atomic mass is 16.5. The van der Waals surface area contributed by atoms with Gasteiger partial charge in [0.15, 0.2) is 11.4 Å². The number of hydrogen-bond donors (Lipinski definition) is 0. The van der Waals surface area contributed by atoms with Crippen molar-refractivity contribution < 1.29 is 9.53 Å². The number of benzene rings is 1. The monoisotopic (exact) mass is 393 g/mol. The average molecular weight is 393 g/mol. The van der Waals surface area contributed by atoms with Crippen LogP contribution in [0.4, 0.5) is 0 Å². The molecule has 0 saturated carbocycles. The fourth-order valence-electron chi connectivity index (χ4n) is 3.56. The Morgan fingerprint density at radius 2 is 1.97 bits per heavy atom. The predicted octanol–water partition coefficient (Wildman–Crippen LogP) is 2.62. The van der Waals surface area contributed by atoms with Gasteiger partial charge in [-0.05, 0) is 32.5 Å². The van der Waals surface area contributed by atoms with Crippen LogP contribution < -0.4 is 4.74 Å². The number of carbonyl (C=O) groups is 1. The molecule has 1 aromatic carbocycles. The van der Waals surface area contributed by atoms with E-state index in [1.165, 1.54) is 0 Å². The molecular weight excluding hydrogens is 366 g/mol. The number of nitrogens with zero attached hydrogens (tertiary/aromatic N) is 5. The van der Waals surface area contributed by atoms with Crippen LogP contribution in [0.15, 0.2) is 42.6 Å². The third-order valence-electron chi connectivity index (χ3n) is 5.37. The zero-order valence-electron chi connectivity index (χ0n) is 17.0. The molecule has 0 spiro atoms. The highest BCUT2D eigenvalue weighted by molar-refractivity contribution is 5.95. The van der Waals surface area contributed by atoms with Crippen LogP contribution in [0.1, 0.15) is 23.7 Å². The normalized spacial score (nSPS) is 15.7. The van der Waals surface area contributed by atoms with Gasteiger partial charge in [-0.3, -0.25) is 4.79 Å². The molecule has 7 nitrogen and oxygen atoms in total. The van der Waals surface area contributed by atoms with E-state index in [1.54, 1.807) is 17.6 Å². The number of fused-ring (bicyclic) bond motifs is 1. The number of hydrogen-bond acceptors (Lipinski definition) is 6. The molecule has 152 valence electrons. The summed E-state index contributed by atoms with van der Waals surface area (Å²) in [5, 5.41) is 4.61. The quantitative estimate of drug-likeness (QED) is 0.454. The Morgan fingerprint density at radius 1 is 1.14 bits per heavy atom. The summed E-state index contributed by atoms with van der Waals surface area (Å²) in [7, 11) is 2.17. The van der Waals surface area contributed by atoms with Gasteiger partial charge in [0.2, 0.25) is 5.88 Å². The van der Waals surface area contributed by atoms with Gasteiger partial charge in [-0.25, -0.2) is 9.50 Å². The smallest absolute Gasteiger partial charge is 0.231 e. The number of ketones is 1. The summed E-state index contributed by atoms with van der Waals surface area (Å²) in [5.74, 6) is 0.621. The summed E-state index contributed by atoms with van der Waals surface area (Å²) in [4.78, 5) is 21.0. The lowest BCUT2D eigenvalue weighted by molar-refractivity contribution is 0.101. The van der Waals surface area contributed by atoms with Gasteiger partial charge in [0.25, 0.3) is 0 Å². The molecule has 0 bridgehead atoms. The van der Waals surface area contributed by atoms with Crippen LogP contribution in [-0.2, 0) is 0 Å². The van der Waals surface area contributed by atoms with Crippen LogP contribution in [0, 0.1) is 0 Å². The van der Waals surface area contributed by atoms with Gasteiger partial charge in [-0.1, -0.05) is 18.2 Å². The third kappa shape index (κ3) is 4.63. The van der Waals surface area contributed by atoms with E-state index >= 15 is 0 Å². The molecule has 0 N–H and O–H groups in total. The molecule has 0 atom stereocenters. The van der Waals surface area contributed by atoms with Crippen LogP contribution in [0.2, 0.25) is 0 Å². The molecule has 3 heterocycles. The van der Waals surface area contributed by atoms with Crippen molar-refractivity contribution in [1.82, 2.24) is 24.4 Å². The van der Waals surface area contributed by atoms with Gasteiger partial charge in [0, 0.05) is 49.9 Å². The van der Waals surface area contributed by atoms with E-state index in [2.05, 4.69) is 26.9 Å². The predicted molar refractivity (Wildman–Crippen MR) is 112 cm³/mol. The number of piperazine rings is 1. The van der Waals surface area contributed by atoms with E-state index < -0.39 is 0 Å². The van der Waals surface area contributed by atoms with Gasteiger partial charge in [-0.15, -0.1) is 5.10 Å². The zero-order chi connectivity index (χ0) is 20.2. The van der Waals surface area contributed by atoms with Gasteiger partial charge >= 0.3 is 0 Å². The maximum atomic E-state index is 11.7. The Kier molecular flexibility index (Phi) is 5.87. The Labute approximate surface area is 170 Å². The van der Waals surface area contributed by atoms with Gasteiger partial charge in [0.05, 0.1) is 18.5 Å². The SMILES string of the molecule is CC(=O)c1cccc(-c2cnc3ccc(OCCCN4CCN(C)CC4)nn23)c1. The zero-order valence-corrected chi connectivity index (χ0v) is 17.0. The molecular formula is C22H27N5O2. The van der Waals surface area contributed by atoms with E-state index in [9.17, 15) is 4.79 Å².